The molecule has 5 nitrogen and oxygen atoms in total. The van der Waals surface area contributed by atoms with Gasteiger partial charge >= 0.3 is 5.97 Å². The topological polar surface area (TPSA) is 74.4 Å². The lowest BCUT2D eigenvalue weighted by atomic mass is 10.3. The zero-order valence-electron chi connectivity index (χ0n) is 11.2. The van der Waals surface area contributed by atoms with Gasteiger partial charge in [-0.2, -0.15) is 0 Å². The first-order chi connectivity index (χ1) is 9.63. The van der Waals surface area contributed by atoms with E-state index in [1.807, 2.05) is 12.3 Å². The van der Waals surface area contributed by atoms with Crippen molar-refractivity contribution in [2.75, 3.05) is 12.3 Å². The van der Waals surface area contributed by atoms with Gasteiger partial charge in [-0.15, -0.1) is 11.3 Å². The van der Waals surface area contributed by atoms with E-state index in [9.17, 15) is 4.79 Å². The first kappa shape index (κ1) is 14.3. The molecule has 0 saturated heterocycles. The predicted molar refractivity (Wildman–Crippen MR) is 77.6 cm³/mol. The molecule has 2 aromatic rings. The zero-order chi connectivity index (χ0) is 14.4. The highest BCUT2D eigenvalue weighted by atomic mass is 32.1. The smallest absolute Gasteiger partial charge is 0.309 e. The van der Waals surface area contributed by atoms with E-state index in [1.54, 1.807) is 24.3 Å². The summed E-state index contributed by atoms with van der Waals surface area (Å²) in [6.45, 7) is 2.40. The van der Waals surface area contributed by atoms with Crippen molar-refractivity contribution in [1.29, 1.82) is 0 Å². The van der Waals surface area contributed by atoms with Crippen LogP contribution in [0.3, 0.4) is 0 Å². The third-order valence-corrected chi connectivity index (χ3v) is 3.42. The van der Waals surface area contributed by atoms with Crippen molar-refractivity contribution in [3.63, 3.8) is 0 Å². The molecule has 6 heteroatoms. The molecule has 0 spiro atoms. The van der Waals surface area contributed by atoms with Crippen LogP contribution in [0, 0.1) is 6.92 Å². The van der Waals surface area contributed by atoms with Crippen LogP contribution >= 0.6 is 11.3 Å². The SMILES string of the molecule is Cc1csc(COC(=O)CCOc2ccc(N)cc2)n1. The molecule has 1 aromatic carbocycles. The summed E-state index contributed by atoms with van der Waals surface area (Å²) in [4.78, 5) is 15.7. The molecule has 0 saturated carbocycles. The van der Waals surface area contributed by atoms with Crippen molar-refractivity contribution in [3.8, 4) is 5.75 Å². The third-order valence-electron chi connectivity index (χ3n) is 2.48. The number of anilines is 1. The van der Waals surface area contributed by atoms with E-state index in [2.05, 4.69) is 4.98 Å². The maximum Gasteiger partial charge on any atom is 0.309 e. The Morgan fingerprint density at radius 3 is 2.75 bits per heavy atom. The Labute approximate surface area is 121 Å². The van der Waals surface area contributed by atoms with Crippen molar-refractivity contribution in [3.05, 3.63) is 40.3 Å². The van der Waals surface area contributed by atoms with Gasteiger partial charge in [-0.25, -0.2) is 4.98 Å². The largest absolute Gasteiger partial charge is 0.493 e. The van der Waals surface area contributed by atoms with E-state index in [0.717, 1.165) is 10.7 Å². The Hall–Kier alpha value is -2.08. The number of benzene rings is 1. The van der Waals surface area contributed by atoms with Crippen LogP contribution in [-0.2, 0) is 16.1 Å². The molecule has 0 aliphatic heterocycles. The van der Waals surface area contributed by atoms with Gasteiger partial charge in [0.15, 0.2) is 0 Å². The molecule has 0 radical (unpaired) electrons. The number of thiazole rings is 1. The number of aromatic nitrogens is 1. The van der Waals surface area contributed by atoms with Crippen molar-refractivity contribution in [1.82, 2.24) is 4.98 Å². The standard InChI is InChI=1S/C14H16N2O3S/c1-10-9-20-13(16-10)8-19-14(17)6-7-18-12-4-2-11(15)3-5-12/h2-5,9H,6-8,15H2,1H3. The number of ether oxygens (including phenoxy) is 2. The van der Waals surface area contributed by atoms with Crippen molar-refractivity contribution < 1.29 is 14.3 Å². The summed E-state index contributed by atoms with van der Waals surface area (Å²) in [5.74, 6) is 0.385. The van der Waals surface area contributed by atoms with Gasteiger partial charge in [-0.1, -0.05) is 0 Å². The number of nitrogens with zero attached hydrogens (tertiary/aromatic N) is 1. The van der Waals surface area contributed by atoms with E-state index in [0.29, 0.717) is 11.4 Å². The molecule has 106 valence electrons. The van der Waals surface area contributed by atoms with Gasteiger partial charge in [-0.05, 0) is 31.2 Å². The van der Waals surface area contributed by atoms with E-state index in [-0.39, 0.29) is 25.6 Å². The molecule has 0 bridgehead atoms. The van der Waals surface area contributed by atoms with Crippen LogP contribution in [0.2, 0.25) is 0 Å². The molecule has 1 heterocycles. The van der Waals surface area contributed by atoms with Crippen LogP contribution in [0.15, 0.2) is 29.6 Å². The third kappa shape index (κ3) is 4.55. The number of hydrogen-bond acceptors (Lipinski definition) is 6. The highest BCUT2D eigenvalue weighted by Gasteiger charge is 2.06. The van der Waals surface area contributed by atoms with Crippen LogP contribution < -0.4 is 10.5 Å². The van der Waals surface area contributed by atoms with E-state index in [1.165, 1.54) is 11.3 Å². The van der Waals surface area contributed by atoms with E-state index in [4.69, 9.17) is 15.2 Å². The molecule has 0 atom stereocenters. The van der Waals surface area contributed by atoms with Crippen molar-refractivity contribution in [2.45, 2.75) is 20.0 Å². The van der Waals surface area contributed by atoms with Crippen LogP contribution in [0.1, 0.15) is 17.1 Å². The number of rotatable bonds is 6. The normalized spacial score (nSPS) is 10.2. The number of esters is 1. The van der Waals surface area contributed by atoms with Crippen molar-refractivity contribution in [2.24, 2.45) is 0 Å². The summed E-state index contributed by atoms with van der Waals surface area (Å²) >= 11 is 1.48. The summed E-state index contributed by atoms with van der Waals surface area (Å²) in [5.41, 5.74) is 7.18. The molecule has 1 aromatic heterocycles. The van der Waals surface area contributed by atoms with Gasteiger partial charge < -0.3 is 15.2 Å². The Bertz CT molecular complexity index is 566. The monoisotopic (exact) mass is 292 g/mol. The number of carbonyl (C=O) groups excluding carboxylic acids is 1. The molecule has 0 aliphatic rings. The Morgan fingerprint density at radius 2 is 2.10 bits per heavy atom. The highest BCUT2D eigenvalue weighted by Crippen LogP contribution is 2.13. The molecule has 20 heavy (non-hydrogen) atoms. The minimum atomic E-state index is -0.298. The van der Waals surface area contributed by atoms with Gasteiger partial charge in [0.25, 0.3) is 0 Å². The second kappa shape index (κ2) is 6.91. The number of aryl methyl sites for hydroxylation is 1. The summed E-state index contributed by atoms with van der Waals surface area (Å²) in [7, 11) is 0. The maximum absolute atomic E-state index is 11.5. The molecule has 0 amide bonds. The van der Waals surface area contributed by atoms with Gasteiger partial charge in [0.2, 0.25) is 0 Å². The van der Waals surface area contributed by atoms with Crippen LogP contribution in [0.4, 0.5) is 5.69 Å². The number of nitrogen functional groups attached to an aromatic ring is 1. The lowest BCUT2D eigenvalue weighted by Crippen LogP contribution is -2.09. The minimum Gasteiger partial charge on any atom is -0.493 e. The molecule has 2 N–H and O–H groups in total. The summed E-state index contributed by atoms with van der Waals surface area (Å²) in [6.07, 6.45) is 0.203. The van der Waals surface area contributed by atoms with E-state index < -0.39 is 0 Å². The predicted octanol–water partition coefficient (Wildman–Crippen LogP) is 2.55. The zero-order valence-corrected chi connectivity index (χ0v) is 12.0. The number of nitrogens with two attached hydrogens (primary N) is 1. The van der Waals surface area contributed by atoms with Gasteiger partial charge in [0, 0.05) is 16.8 Å². The van der Waals surface area contributed by atoms with Gasteiger partial charge in [0.05, 0.1) is 13.0 Å². The van der Waals surface area contributed by atoms with Gasteiger partial charge in [0.1, 0.15) is 17.4 Å². The molecule has 0 aliphatic carbocycles. The summed E-state index contributed by atoms with van der Waals surface area (Å²) < 4.78 is 10.5. The summed E-state index contributed by atoms with van der Waals surface area (Å²) in [6, 6.07) is 7.02. The number of hydrogen-bond donors (Lipinski definition) is 1. The van der Waals surface area contributed by atoms with Crippen LogP contribution in [0.5, 0.6) is 5.75 Å². The Morgan fingerprint density at radius 1 is 1.35 bits per heavy atom. The van der Waals surface area contributed by atoms with E-state index >= 15 is 0 Å². The minimum absolute atomic E-state index is 0.203. The van der Waals surface area contributed by atoms with Crippen LogP contribution in [-0.4, -0.2) is 17.6 Å². The molecule has 0 unspecified atom stereocenters. The first-order valence-electron chi connectivity index (χ1n) is 6.18. The molecule has 0 fully saturated rings. The van der Waals surface area contributed by atoms with Crippen LogP contribution in [0.25, 0.3) is 0 Å². The fourth-order valence-electron chi connectivity index (χ4n) is 1.50. The Kier molecular flexibility index (Phi) is 4.95. The highest BCUT2D eigenvalue weighted by molar-refractivity contribution is 7.09. The molecular weight excluding hydrogens is 276 g/mol. The average molecular weight is 292 g/mol. The second-order valence-electron chi connectivity index (χ2n) is 4.21. The van der Waals surface area contributed by atoms with Gasteiger partial charge in [-0.3, -0.25) is 4.79 Å². The molecule has 2 rings (SSSR count). The second-order valence-corrected chi connectivity index (χ2v) is 5.15. The lowest BCUT2D eigenvalue weighted by molar-refractivity contribution is -0.145. The fraction of sp³-hybridized carbons (Fsp3) is 0.286. The fourth-order valence-corrected chi connectivity index (χ4v) is 2.18. The Balaban J connectivity index is 1.66. The molecular formula is C14H16N2O3S. The summed E-state index contributed by atoms with van der Waals surface area (Å²) in [5, 5.41) is 2.73. The average Bonchev–Trinajstić information content (AvgIpc) is 2.85. The quantitative estimate of drug-likeness (QED) is 0.654. The maximum atomic E-state index is 11.5. The first-order valence-corrected chi connectivity index (χ1v) is 7.06. The lowest BCUT2D eigenvalue weighted by Gasteiger charge is -2.06. The van der Waals surface area contributed by atoms with Crippen molar-refractivity contribution >= 4 is 23.0 Å². The number of carbonyl (C=O) groups is 1.